The number of benzene rings is 1. The van der Waals surface area contributed by atoms with Gasteiger partial charge in [-0.05, 0) is 42.5 Å². The van der Waals surface area contributed by atoms with Gasteiger partial charge in [-0.2, -0.15) is 0 Å². The number of thiophene rings is 1. The molecule has 4 rings (SSSR count). The highest BCUT2D eigenvalue weighted by Crippen LogP contribution is 2.20. The maximum absolute atomic E-state index is 13.3. The maximum atomic E-state index is 13.3. The molecule has 3 heterocycles. The molecule has 1 N–H and O–H groups in total. The molecule has 8 heteroatoms. The lowest BCUT2D eigenvalue weighted by Crippen LogP contribution is -2.36. The summed E-state index contributed by atoms with van der Waals surface area (Å²) in [5.74, 6) is -0.161. The largest absolute Gasteiger partial charge is 0.376 e. The van der Waals surface area contributed by atoms with Gasteiger partial charge in [-0.3, -0.25) is 9.59 Å². The Labute approximate surface area is 185 Å². The number of aryl methyl sites for hydroxylation is 1. The summed E-state index contributed by atoms with van der Waals surface area (Å²) in [5.41, 5.74) is 1.18. The Bertz CT molecular complexity index is 982. The number of hydrogen-bond donors (Lipinski definition) is 1. The standard InChI is InChI=1S/C23H26N4O3S/c28-22(8-10-26-11-9-24-17-26)25-19-5-1-4-18(14-19)23(29)27(15-20-6-2-12-30-20)16-21-7-3-13-31-21/h1,3-5,7,9,11,13-14,17,20H,2,6,8,10,12,15-16H2,(H,25,28). The Balaban J connectivity index is 1.42. The summed E-state index contributed by atoms with van der Waals surface area (Å²) in [4.78, 5) is 32.6. The van der Waals surface area contributed by atoms with Crippen molar-refractivity contribution >= 4 is 28.8 Å². The summed E-state index contributed by atoms with van der Waals surface area (Å²) < 4.78 is 7.62. The summed E-state index contributed by atoms with van der Waals surface area (Å²) in [6, 6.07) is 11.2. The van der Waals surface area contributed by atoms with Gasteiger partial charge < -0.3 is 19.5 Å². The molecular formula is C23H26N4O3S. The van der Waals surface area contributed by atoms with Crippen LogP contribution in [0.2, 0.25) is 0 Å². The number of nitrogens with one attached hydrogen (secondary N) is 1. The van der Waals surface area contributed by atoms with Crippen molar-refractivity contribution in [2.24, 2.45) is 0 Å². The number of carbonyl (C=O) groups is 2. The van der Waals surface area contributed by atoms with Crippen molar-refractivity contribution in [3.63, 3.8) is 0 Å². The average molecular weight is 439 g/mol. The first kappa shape index (κ1) is 21.3. The molecule has 1 aliphatic rings. The van der Waals surface area contributed by atoms with Crippen LogP contribution in [0.3, 0.4) is 0 Å². The first-order valence-electron chi connectivity index (χ1n) is 10.5. The number of rotatable bonds is 9. The highest BCUT2D eigenvalue weighted by molar-refractivity contribution is 7.09. The third-order valence-corrected chi connectivity index (χ3v) is 6.07. The van der Waals surface area contributed by atoms with Crippen molar-refractivity contribution in [2.45, 2.75) is 38.5 Å². The number of ether oxygens (including phenoxy) is 1. The third-order valence-electron chi connectivity index (χ3n) is 5.21. The average Bonchev–Trinajstić information content (AvgIpc) is 3.55. The van der Waals surface area contributed by atoms with E-state index in [2.05, 4.69) is 10.3 Å². The first-order chi connectivity index (χ1) is 15.2. The zero-order valence-electron chi connectivity index (χ0n) is 17.3. The van der Waals surface area contributed by atoms with Crippen molar-refractivity contribution in [3.8, 4) is 0 Å². The van der Waals surface area contributed by atoms with Gasteiger partial charge in [-0.15, -0.1) is 11.3 Å². The van der Waals surface area contributed by atoms with Crippen LogP contribution >= 0.6 is 11.3 Å². The SMILES string of the molecule is O=C(CCn1ccnc1)Nc1cccc(C(=O)N(Cc2cccs2)CC2CCCO2)c1. The number of anilines is 1. The molecule has 2 amide bonds. The van der Waals surface area contributed by atoms with Gasteiger partial charge in [0.25, 0.3) is 5.91 Å². The van der Waals surface area contributed by atoms with Crippen LogP contribution in [0.15, 0.2) is 60.5 Å². The lowest BCUT2D eigenvalue weighted by Gasteiger charge is -2.25. The van der Waals surface area contributed by atoms with Gasteiger partial charge in [-0.25, -0.2) is 4.98 Å². The molecule has 0 radical (unpaired) electrons. The van der Waals surface area contributed by atoms with Gasteiger partial charge >= 0.3 is 0 Å². The molecule has 0 spiro atoms. The molecule has 0 bridgehead atoms. The Morgan fingerprint density at radius 1 is 1.29 bits per heavy atom. The summed E-state index contributed by atoms with van der Waals surface area (Å²) in [5, 5.41) is 4.91. The van der Waals surface area contributed by atoms with E-state index < -0.39 is 0 Å². The molecule has 7 nitrogen and oxygen atoms in total. The smallest absolute Gasteiger partial charge is 0.254 e. The Morgan fingerprint density at radius 3 is 2.97 bits per heavy atom. The van der Waals surface area contributed by atoms with Gasteiger partial charge in [0.05, 0.1) is 19.0 Å². The summed E-state index contributed by atoms with van der Waals surface area (Å²) >= 11 is 1.64. The minimum Gasteiger partial charge on any atom is -0.376 e. The zero-order chi connectivity index (χ0) is 21.5. The van der Waals surface area contributed by atoms with Crippen LogP contribution in [-0.4, -0.2) is 45.5 Å². The predicted octanol–water partition coefficient (Wildman–Crippen LogP) is 3.79. The predicted molar refractivity (Wildman–Crippen MR) is 120 cm³/mol. The van der Waals surface area contributed by atoms with E-state index in [1.807, 2.05) is 33.2 Å². The summed E-state index contributed by atoms with van der Waals surface area (Å²) in [7, 11) is 0. The Hall–Kier alpha value is -2.97. The highest BCUT2D eigenvalue weighted by atomic mass is 32.1. The second-order valence-corrected chi connectivity index (χ2v) is 8.61. The normalized spacial score (nSPS) is 15.7. The minimum atomic E-state index is -0.104. The van der Waals surface area contributed by atoms with E-state index in [9.17, 15) is 9.59 Å². The van der Waals surface area contributed by atoms with Crippen LogP contribution < -0.4 is 5.32 Å². The molecular weight excluding hydrogens is 412 g/mol. The monoisotopic (exact) mass is 438 g/mol. The molecule has 2 aromatic heterocycles. The molecule has 1 saturated heterocycles. The minimum absolute atomic E-state index is 0.0570. The quantitative estimate of drug-likeness (QED) is 0.551. The number of amides is 2. The van der Waals surface area contributed by atoms with Gasteiger partial charge in [0.15, 0.2) is 0 Å². The molecule has 1 atom stereocenters. The Kier molecular flexibility index (Phi) is 7.11. The van der Waals surface area contributed by atoms with E-state index in [4.69, 9.17) is 4.74 Å². The molecule has 0 saturated carbocycles. The van der Waals surface area contributed by atoms with Crippen molar-refractivity contribution in [1.29, 1.82) is 0 Å². The van der Waals surface area contributed by atoms with Crippen molar-refractivity contribution < 1.29 is 14.3 Å². The second-order valence-electron chi connectivity index (χ2n) is 7.58. The highest BCUT2D eigenvalue weighted by Gasteiger charge is 2.24. The molecule has 3 aromatic rings. The van der Waals surface area contributed by atoms with Crippen molar-refractivity contribution in [2.75, 3.05) is 18.5 Å². The number of hydrogen-bond acceptors (Lipinski definition) is 5. The van der Waals surface area contributed by atoms with Crippen LogP contribution in [0.4, 0.5) is 5.69 Å². The van der Waals surface area contributed by atoms with Crippen LogP contribution in [0, 0.1) is 0 Å². The van der Waals surface area contributed by atoms with Crippen LogP contribution in [-0.2, 0) is 22.6 Å². The van der Waals surface area contributed by atoms with Gasteiger partial charge in [0, 0.05) is 54.6 Å². The number of nitrogens with zero attached hydrogens (tertiary/aromatic N) is 3. The van der Waals surface area contributed by atoms with Crippen LogP contribution in [0.5, 0.6) is 0 Å². The van der Waals surface area contributed by atoms with Gasteiger partial charge in [0.2, 0.25) is 5.91 Å². The fraction of sp³-hybridized carbons (Fsp3) is 0.348. The van der Waals surface area contributed by atoms with E-state index in [0.29, 0.717) is 37.3 Å². The van der Waals surface area contributed by atoms with E-state index in [-0.39, 0.29) is 17.9 Å². The molecule has 1 fully saturated rings. The van der Waals surface area contributed by atoms with E-state index in [1.165, 1.54) is 0 Å². The third kappa shape index (κ3) is 6.02. The Morgan fingerprint density at radius 2 is 2.23 bits per heavy atom. The summed E-state index contributed by atoms with van der Waals surface area (Å²) in [6.07, 6.45) is 7.61. The second kappa shape index (κ2) is 10.4. The van der Waals surface area contributed by atoms with Gasteiger partial charge in [0.1, 0.15) is 0 Å². The topological polar surface area (TPSA) is 76.5 Å². The fourth-order valence-corrected chi connectivity index (χ4v) is 4.35. The molecule has 31 heavy (non-hydrogen) atoms. The van der Waals surface area contributed by atoms with Crippen molar-refractivity contribution in [1.82, 2.24) is 14.5 Å². The number of aromatic nitrogens is 2. The number of imidazole rings is 1. The lowest BCUT2D eigenvalue weighted by atomic mass is 10.1. The van der Waals surface area contributed by atoms with E-state index in [0.717, 1.165) is 24.3 Å². The molecule has 0 aliphatic carbocycles. The van der Waals surface area contributed by atoms with Crippen LogP contribution in [0.1, 0.15) is 34.5 Å². The molecule has 1 aliphatic heterocycles. The van der Waals surface area contributed by atoms with Crippen LogP contribution in [0.25, 0.3) is 0 Å². The maximum Gasteiger partial charge on any atom is 0.254 e. The van der Waals surface area contributed by atoms with E-state index >= 15 is 0 Å². The molecule has 1 unspecified atom stereocenters. The summed E-state index contributed by atoms with van der Waals surface area (Å²) in [6.45, 7) is 2.43. The van der Waals surface area contributed by atoms with E-state index in [1.54, 1.807) is 48.1 Å². The van der Waals surface area contributed by atoms with Gasteiger partial charge in [-0.1, -0.05) is 12.1 Å². The molecule has 162 valence electrons. The fourth-order valence-electron chi connectivity index (χ4n) is 3.63. The first-order valence-corrected chi connectivity index (χ1v) is 11.3. The number of carbonyl (C=O) groups excluding carboxylic acids is 2. The molecule has 1 aromatic carbocycles. The zero-order valence-corrected chi connectivity index (χ0v) is 18.1. The van der Waals surface area contributed by atoms with Crippen molar-refractivity contribution in [3.05, 3.63) is 70.9 Å². The lowest BCUT2D eigenvalue weighted by molar-refractivity contribution is -0.116.